The Morgan fingerprint density at radius 2 is 1.33 bits per heavy atom. The number of aliphatic carboxylic acids is 2. The fourth-order valence-electron chi connectivity index (χ4n) is 1.61. The van der Waals surface area contributed by atoms with Gasteiger partial charge in [-0.15, -0.1) is 23.5 Å². The summed E-state index contributed by atoms with van der Waals surface area (Å²) < 4.78 is 0. The van der Waals surface area contributed by atoms with Gasteiger partial charge in [0.2, 0.25) is 0 Å². The van der Waals surface area contributed by atoms with E-state index in [-0.39, 0.29) is 0 Å². The van der Waals surface area contributed by atoms with E-state index in [1.807, 2.05) is 0 Å². The molecule has 100 valence electrons. The molecule has 0 aliphatic carbocycles. The fraction of sp³-hybridized carbons (Fsp3) is 0.750. The third-order valence-electron chi connectivity index (χ3n) is 2.43. The lowest BCUT2D eigenvalue weighted by atomic mass is 10.6. The molecular weight excluding hydrogens is 280 g/mol. The highest BCUT2D eigenvalue weighted by Crippen LogP contribution is 2.27. The summed E-state index contributed by atoms with van der Waals surface area (Å²) in [5.41, 5.74) is 0. The molecular formula is C8H12N4O4S2. The Bertz CT molecular complexity index is 346. The van der Waals surface area contributed by atoms with E-state index in [4.69, 9.17) is 10.2 Å². The molecule has 2 atom stereocenters. The molecule has 2 fully saturated rings. The smallest absolute Gasteiger partial charge is 0.338 e. The molecule has 0 spiro atoms. The van der Waals surface area contributed by atoms with E-state index in [0.29, 0.717) is 24.6 Å². The molecule has 2 rings (SSSR count). The van der Waals surface area contributed by atoms with Crippen LogP contribution >= 0.6 is 23.5 Å². The van der Waals surface area contributed by atoms with Crippen LogP contribution in [0.4, 0.5) is 0 Å². The Hall–Kier alpha value is -1.16. The van der Waals surface area contributed by atoms with Gasteiger partial charge in [-0.3, -0.25) is 10.0 Å². The third kappa shape index (κ3) is 2.80. The highest BCUT2D eigenvalue weighted by Gasteiger charge is 2.33. The standard InChI is InChI=1S/C8H12N4O4S2/c13-7(14)5-11(1-3-17-5)9-10-12-2-4-18-6(12)8(15)16/h5-6H,1-4H2,(H,13,14)(H,15,16)/t5-,6-/m0/s1. The van der Waals surface area contributed by atoms with E-state index in [0.717, 1.165) is 0 Å². The lowest BCUT2D eigenvalue weighted by Crippen LogP contribution is -2.33. The molecule has 0 amide bonds. The Labute approximate surface area is 111 Å². The van der Waals surface area contributed by atoms with E-state index in [1.54, 1.807) is 0 Å². The summed E-state index contributed by atoms with van der Waals surface area (Å²) in [6.07, 6.45) is 0. The number of hydrogen-bond donors (Lipinski definition) is 2. The van der Waals surface area contributed by atoms with E-state index in [1.165, 1.54) is 33.5 Å². The van der Waals surface area contributed by atoms with Crippen molar-refractivity contribution in [3.8, 4) is 0 Å². The van der Waals surface area contributed by atoms with Crippen molar-refractivity contribution in [2.45, 2.75) is 10.7 Å². The van der Waals surface area contributed by atoms with Crippen LogP contribution in [-0.2, 0) is 9.59 Å². The molecule has 0 aromatic heterocycles. The molecule has 0 bridgehead atoms. The van der Waals surface area contributed by atoms with Crippen LogP contribution in [0.1, 0.15) is 0 Å². The van der Waals surface area contributed by atoms with Gasteiger partial charge in [0, 0.05) is 24.6 Å². The van der Waals surface area contributed by atoms with Gasteiger partial charge in [-0.2, -0.15) is 0 Å². The quantitative estimate of drug-likeness (QED) is 0.707. The number of rotatable bonds is 4. The van der Waals surface area contributed by atoms with Gasteiger partial charge in [0.05, 0.1) is 0 Å². The summed E-state index contributed by atoms with van der Waals surface area (Å²) in [5.74, 6) is -0.565. The second-order valence-corrected chi connectivity index (χ2v) is 6.00. The molecule has 0 aromatic carbocycles. The highest BCUT2D eigenvalue weighted by atomic mass is 32.2. The molecule has 2 aliphatic rings. The van der Waals surface area contributed by atoms with Gasteiger partial charge in [0.25, 0.3) is 0 Å². The first-order valence-electron chi connectivity index (χ1n) is 5.23. The molecule has 2 heterocycles. The van der Waals surface area contributed by atoms with E-state index >= 15 is 0 Å². The van der Waals surface area contributed by atoms with Crippen molar-refractivity contribution in [2.24, 2.45) is 10.4 Å². The normalized spacial score (nSPS) is 28.2. The largest absolute Gasteiger partial charge is 0.479 e. The average molecular weight is 292 g/mol. The lowest BCUT2D eigenvalue weighted by molar-refractivity contribution is -0.141. The van der Waals surface area contributed by atoms with Crippen molar-refractivity contribution in [3.63, 3.8) is 0 Å². The van der Waals surface area contributed by atoms with Gasteiger partial charge >= 0.3 is 11.9 Å². The number of carboxylic acid groups (broad SMARTS) is 2. The number of carbonyl (C=O) groups is 2. The molecule has 18 heavy (non-hydrogen) atoms. The van der Waals surface area contributed by atoms with E-state index in [2.05, 4.69) is 10.4 Å². The lowest BCUT2D eigenvalue weighted by Gasteiger charge is -2.18. The summed E-state index contributed by atoms with van der Waals surface area (Å²) in [6, 6.07) is 0. The molecule has 2 saturated heterocycles. The first-order chi connectivity index (χ1) is 8.59. The Balaban J connectivity index is 1.98. The number of nitrogens with zero attached hydrogens (tertiary/aromatic N) is 4. The van der Waals surface area contributed by atoms with Crippen LogP contribution in [0.25, 0.3) is 0 Å². The van der Waals surface area contributed by atoms with Crippen molar-refractivity contribution in [3.05, 3.63) is 0 Å². The van der Waals surface area contributed by atoms with Gasteiger partial charge in [-0.1, -0.05) is 10.4 Å². The molecule has 0 unspecified atom stereocenters. The zero-order valence-electron chi connectivity index (χ0n) is 9.30. The zero-order valence-corrected chi connectivity index (χ0v) is 10.9. The predicted molar refractivity (Wildman–Crippen MR) is 66.0 cm³/mol. The molecule has 2 aliphatic heterocycles. The highest BCUT2D eigenvalue weighted by molar-refractivity contribution is 8.01. The average Bonchev–Trinajstić information content (AvgIpc) is 2.94. The number of hydrogen-bond acceptors (Lipinski definition) is 6. The van der Waals surface area contributed by atoms with Crippen LogP contribution in [0.5, 0.6) is 0 Å². The summed E-state index contributed by atoms with van der Waals surface area (Å²) in [5, 5.41) is 26.9. The van der Waals surface area contributed by atoms with Crippen LogP contribution in [0.3, 0.4) is 0 Å². The topological polar surface area (TPSA) is 106 Å². The van der Waals surface area contributed by atoms with Crippen molar-refractivity contribution >= 4 is 35.5 Å². The van der Waals surface area contributed by atoms with Crippen LogP contribution in [0.15, 0.2) is 10.4 Å². The first-order valence-corrected chi connectivity index (χ1v) is 7.33. The minimum Gasteiger partial charge on any atom is -0.479 e. The monoisotopic (exact) mass is 292 g/mol. The zero-order chi connectivity index (χ0) is 13.1. The Morgan fingerprint density at radius 1 is 0.944 bits per heavy atom. The summed E-state index contributed by atoms with van der Waals surface area (Å²) >= 11 is 2.56. The van der Waals surface area contributed by atoms with Gasteiger partial charge in [0.15, 0.2) is 10.7 Å². The maximum atomic E-state index is 10.9. The SMILES string of the molecule is O=C(O)[C@@H]1SCCN1N=NN1CCS[C@H]1C(=O)O. The molecule has 0 radical (unpaired) electrons. The molecule has 2 N–H and O–H groups in total. The molecule has 8 nitrogen and oxygen atoms in total. The first kappa shape index (κ1) is 13.3. The van der Waals surface area contributed by atoms with Crippen LogP contribution in [0, 0.1) is 0 Å². The van der Waals surface area contributed by atoms with Crippen molar-refractivity contribution < 1.29 is 19.8 Å². The van der Waals surface area contributed by atoms with Crippen LogP contribution < -0.4 is 0 Å². The van der Waals surface area contributed by atoms with E-state index in [9.17, 15) is 9.59 Å². The maximum Gasteiger partial charge on any atom is 0.338 e. The second kappa shape index (κ2) is 5.65. The van der Waals surface area contributed by atoms with Crippen molar-refractivity contribution in [1.29, 1.82) is 0 Å². The number of thioether (sulfide) groups is 2. The van der Waals surface area contributed by atoms with E-state index < -0.39 is 22.7 Å². The molecule has 0 aromatic rings. The third-order valence-corrected chi connectivity index (χ3v) is 4.78. The van der Waals surface area contributed by atoms with Crippen LogP contribution in [-0.4, -0.2) is 67.5 Å². The summed E-state index contributed by atoms with van der Waals surface area (Å²) in [4.78, 5) is 21.8. The van der Waals surface area contributed by atoms with Crippen LogP contribution in [0.2, 0.25) is 0 Å². The Kier molecular flexibility index (Phi) is 4.17. The minimum atomic E-state index is -0.956. The number of carboxylic acids is 2. The van der Waals surface area contributed by atoms with Gasteiger partial charge in [-0.25, -0.2) is 9.59 Å². The van der Waals surface area contributed by atoms with Gasteiger partial charge in [0.1, 0.15) is 0 Å². The second-order valence-electron chi connectivity index (χ2n) is 3.63. The Morgan fingerprint density at radius 3 is 1.67 bits per heavy atom. The summed E-state index contributed by atoms with van der Waals surface area (Å²) in [6.45, 7) is 1.01. The van der Waals surface area contributed by atoms with Crippen molar-refractivity contribution in [2.75, 3.05) is 24.6 Å². The maximum absolute atomic E-state index is 10.9. The predicted octanol–water partition coefficient (Wildman–Crippen LogP) is 0.188. The minimum absolute atomic E-state index is 0.504. The van der Waals surface area contributed by atoms with Crippen molar-refractivity contribution in [1.82, 2.24) is 10.0 Å². The van der Waals surface area contributed by atoms with Gasteiger partial charge in [-0.05, 0) is 0 Å². The molecule has 0 saturated carbocycles. The fourth-order valence-corrected chi connectivity index (χ4v) is 3.56. The molecule has 10 heteroatoms. The summed E-state index contributed by atoms with van der Waals surface area (Å²) in [7, 11) is 0. The van der Waals surface area contributed by atoms with Gasteiger partial charge < -0.3 is 10.2 Å².